The molecule has 4 N–H and O–H groups in total. The van der Waals surface area contributed by atoms with E-state index in [-0.39, 0.29) is 72.4 Å². The van der Waals surface area contributed by atoms with Gasteiger partial charge in [0.2, 0.25) is 0 Å². The van der Waals surface area contributed by atoms with Gasteiger partial charge < -0.3 is 20.4 Å². The summed E-state index contributed by atoms with van der Waals surface area (Å²) in [4.78, 5) is 40.1. The number of ketones is 4. The third kappa shape index (κ3) is 76.9. The first kappa shape index (κ1) is 37.5. The first-order chi connectivity index (χ1) is 12.5. The second-order valence-corrected chi connectivity index (χ2v) is 5.59. The Kier molecular flexibility index (Phi) is 30.7. The van der Waals surface area contributed by atoms with Crippen LogP contribution in [0, 0.1) is 0 Å². The predicted octanol–water partition coefficient (Wildman–Crippen LogP) is 4.15. The molecule has 0 unspecified atom stereocenters. The SMILES string of the molecule is CC(=O)C=C(C)O.CC(=O)C=C(C)O.CC(=O)C=C(C)O.CC(=O)C=C(C)O.[Zr]. The molecule has 0 radical (unpaired) electrons. The van der Waals surface area contributed by atoms with E-state index in [1.165, 1.54) is 79.7 Å². The molecule has 0 rings (SSSR count). The van der Waals surface area contributed by atoms with Gasteiger partial charge in [0.25, 0.3) is 0 Å². The van der Waals surface area contributed by atoms with Crippen LogP contribution in [0.1, 0.15) is 55.4 Å². The summed E-state index contributed by atoms with van der Waals surface area (Å²) in [6, 6.07) is 0. The molecule has 0 fully saturated rings. The zero-order chi connectivity index (χ0) is 23.4. The van der Waals surface area contributed by atoms with Crippen molar-refractivity contribution in [3.8, 4) is 0 Å². The van der Waals surface area contributed by atoms with Gasteiger partial charge in [-0.3, -0.25) is 19.2 Å². The van der Waals surface area contributed by atoms with Crippen LogP contribution >= 0.6 is 0 Å². The number of carbonyl (C=O) groups excluding carboxylic acids is 4. The summed E-state index contributed by atoms with van der Waals surface area (Å²) in [5, 5.41) is 33.5. The van der Waals surface area contributed by atoms with Crippen molar-refractivity contribution in [2.75, 3.05) is 0 Å². The Balaban J connectivity index is -0.0000000873. The van der Waals surface area contributed by atoms with Crippen molar-refractivity contribution in [2.24, 2.45) is 0 Å². The van der Waals surface area contributed by atoms with Crippen molar-refractivity contribution in [3.63, 3.8) is 0 Å². The minimum Gasteiger partial charge on any atom is -0.512 e. The van der Waals surface area contributed by atoms with E-state index in [2.05, 4.69) is 0 Å². The Morgan fingerprint density at radius 2 is 0.517 bits per heavy atom. The molecule has 9 heteroatoms. The van der Waals surface area contributed by atoms with Crippen molar-refractivity contribution in [1.82, 2.24) is 0 Å². The van der Waals surface area contributed by atoms with Gasteiger partial charge in [-0.1, -0.05) is 0 Å². The van der Waals surface area contributed by atoms with Crippen molar-refractivity contribution >= 4 is 23.1 Å². The van der Waals surface area contributed by atoms with E-state index >= 15 is 0 Å². The van der Waals surface area contributed by atoms with E-state index in [1.807, 2.05) is 0 Å². The number of hydrogen-bond acceptors (Lipinski definition) is 8. The second-order valence-electron chi connectivity index (χ2n) is 5.59. The maximum Gasteiger partial charge on any atom is 0.155 e. The van der Waals surface area contributed by atoms with E-state index in [1.54, 1.807) is 0 Å². The van der Waals surface area contributed by atoms with Crippen LogP contribution in [0.4, 0.5) is 0 Å². The van der Waals surface area contributed by atoms with Crippen molar-refractivity contribution in [1.29, 1.82) is 0 Å². The van der Waals surface area contributed by atoms with Crippen molar-refractivity contribution in [3.05, 3.63) is 47.3 Å². The van der Waals surface area contributed by atoms with Gasteiger partial charge in [0.05, 0.1) is 23.0 Å². The third-order valence-corrected chi connectivity index (χ3v) is 1.65. The molecule has 0 saturated carbocycles. The molecule has 0 heterocycles. The van der Waals surface area contributed by atoms with Crippen LogP contribution < -0.4 is 0 Å². The molecule has 0 amide bonds. The van der Waals surface area contributed by atoms with Gasteiger partial charge in [-0.15, -0.1) is 0 Å². The predicted molar refractivity (Wildman–Crippen MR) is 108 cm³/mol. The Morgan fingerprint density at radius 1 is 0.414 bits per heavy atom. The number of carbonyl (C=O) groups is 4. The summed E-state index contributed by atoms with van der Waals surface area (Å²) in [6.45, 7) is 11.4. The monoisotopic (exact) mass is 490 g/mol. The molecule has 0 aromatic rings. The first-order valence-corrected chi connectivity index (χ1v) is 8.02. The summed E-state index contributed by atoms with van der Waals surface area (Å²) in [5.74, 6) is -0.250. The maximum atomic E-state index is 10.0. The molecule has 0 saturated heterocycles. The van der Waals surface area contributed by atoms with Crippen LogP contribution in [-0.4, -0.2) is 43.6 Å². The van der Waals surface area contributed by atoms with Crippen LogP contribution in [0.2, 0.25) is 0 Å². The normalized spacial score (nSPS) is 11.0. The Hall–Kier alpha value is -2.28. The molecule has 0 bridgehead atoms. The van der Waals surface area contributed by atoms with Crippen LogP contribution in [-0.2, 0) is 45.4 Å². The fraction of sp³-hybridized carbons (Fsp3) is 0.400. The van der Waals surface area contributed by atoms with E-state index in [0.29, 0.717) is 0 Å². The van der Waals surface area contributed by atoms with Gasteiger partial charge in [-0.2, -0.15) is 0 Å². The summed E-state index contributed by atoms with van der Waals surface area (Å²) in [5.41, 5.74) is 0. The van der Waals surface area contributed by atoms with Crippen molar-refractivity contribution in [2.45, 2.75) is 55.4 Å². The molecule has 0 aliphatic heterocycles. The molecule has 0 aromatic carbocycles. The standard InChI is InChI=1S/4C5H8O2.Zr/c4*1-4(6)3-5(2)7;/h4*3,6H,1-2H3;. The largest absolute Gasteiger partial charge is 0.512 e. The summed E-state index contributed by atoms with van der Waals surface area (Å²) in [7, 11) is 0. The van der Waals surface area contributed by atoms with Gasteiger partial charge in [-0.05, 0) is 55.4 Å². The summed E-state index contributed by atoms with van der Waals surface area (Å²) < 4.78 is 0. The zero-order valence-corrected chi connectivity index (χ0v) is 20.7. The molecule has 0 spiro atoms. The van der Waals surface area contributed by atoms with Crippen LogP contribution in [0.5, 0.6) is 0 Å². The smallest absolute Gasteiger partial charge is 0.155 e. The average Bonchev–Trinajstić information content (AvgIpc) is 2.32. The molecular weight excluding hydrogens is 459 g/mol. The third-order valence-electron chi connectivity index (χ3n) is 1.65. The van der Waals surface area contributed by atoms with Crippen molar-refractivity contribution < 1.29 is 65.8 Å². The molecule has 8 nitrogen and oxygen atoms in total. The number of rotatable bonds is 4. The molecule has 29 heavy (non-hydrogen) atoms. The van der Waals surface area contributed by atoms with Gasteiger partial charge >= 0.3 is 0 Å². The van der Waals surface area contributed by atoms with E-state index in [4.69, 9.17) is 20.4 Å². The van der Waals surface area contributed by atoms with Crippen LogP contribution in [0.25, 0.3) is 0 Å². The number of allylic oxidation sites excluding steroid dienone is 8. The van der Waals surface area contributed by atoms with E-state index in [9.17, 15) is 19.2 Å². The van der Waals surface area contributed by atoms with E-state index < -0.39 is 0 Å². The average molecular weight is 492 g/mol. The topological polar surface area (TPSA) is 149 Å². The minimum atomic E-state index is -0.125. The zero-order valence-electron chi connectivity index (χ0n) is 18.2. The second kappa shape index (κ2) is 23.8. The fourth-order valence-electron chi connectivity index (χ4n) is 1.18. The molecule has 0 aliphatic carbocycles. The van der Waals surface area contributed by atoms with Gasteiger partial charge in [0, 0.05) is 50.5 Å². The molecule has 0 aromatic heterocycles. The number of hydrogen-bond donors (Lipinski definition) is 4. The fourth-order valence-corrected chi connectivity index (χ4v) is 1.18. The van der Waals surface area contributed by atoms with Crippen LogP contribution in [0.3, 0.4) is 0 Å². The molecule has 0 atom stereocenters. The maximum absolute atomic E-state index is 10.0. The molecule has 0 aliphatic rings. The summed E-state index contributed by atoms with van der Waals surface area (Å²) in [6.07, 6.45) is 4.67. The molecule has 164 valence electrons. The number of aliphatic hydroxyl groups is 4. The Labute approximate surface area is 191 Å². The molecular formula is C20H32O8Zr. The van der Waals surface area contributed by atoms with Gasteiger partial charge in [0.1, 0.15) is 0 Å². The Bertz CT molecular complexity index is 513. The van der Waals surface area contributed by atoms with Crippen LogP contribution in [0.15, 0.2) is 47.3 Å². The summed E-state index contributed by atoms with van der Waals surface area (Å²) >= 11 is 0. The van der Waals surface area contributed by atoms with Gasteiger partial charge in [-0.25, -0.2) is 0 Å². The van der Waals surface area contributed by atoms with E-state index in [0.717, 1.165) is 0 Å². The number of aliphatic hydroxyl groups excluding tert-OH is 4. The first-order valence-electron chi connectivity index (χ1n) is 8.02. The quantitative estimate of drug-likeness (QED) is 0.338. The Morgan fingerprint density at radius 3 is 0.517 bits per heavy atom. The minimum absolute atomic E-state index is 0. The van der Waals surface area contributed by atoms with Gasteiger partial charge in [0.15, 0.2) is 23.1 Å².